The second kappa shape index (κ2) is 8.32. The summed E-state index contributed by atoms with van der Waals surface area (Å²) in [5.74, 6) is -0.287. The lowest BCUT2D eigenvalue weighted by Crippen LogP contribution is -2.05. The average molecular weight is 313 g/mol. The van der Waals surface area contributed by atoms with Gasteiger partial charge in [0.1, 0.15) is 11.5 Å². The van der Waals surface area contributed by atoms with Gasteiger partial charge in [0.15, 0.2) is 5.78 Å². The average Bonchev–Trinajstić information content (AvgIpc) is 2.47. The minimum Gasteiger partial charge on any atom is -0.493 e. The van der Waals surface area contributed by atoms with E-state index in [1.807, 2.05) is 6.92 Å². The standard InChI is InChI=1S/C15H17ClO5/c1-4-20-13-9-11(16)14(21-5-2)8-10(13)12(17)6-7-15(18)19-3/h6-9H,4-5H2,1-3H3/b7-6+. The molecule has 21 heavy (non-hydrogen) atoms. The molecule has 0 aliphatic heterocycles. The van der Waals surface area contributed by atoms with Gasteiger partial charge in [0.05, 0.1) is 30.9 Å². The highest BCUT2D eigenvalue weighted by molar-refractivity contribution is 6.32. The fourth-order valence-electron chi connectivity index (χ4n) is 1.57. The van der Waals surface area contributed by atoms with Crippen LogP contribution in [0, 0.1) is 0 Å². The van der Waals surface area contributed by atoms with Crippen LogP contribution in [0.2, 0.25) is 5.02 Å². The van der Waals surface area contributed by atoms with E-state index in [-0.39, 0.29) is 5.56 Å². The number of esters is 1. The summed E-state index contributed by atoms with van der Waals surface area (Å²) in [4.78, 5) is 23.2. The number of ketones is 1. The largest absolute Gasteiger partial charge is 0.493 e. The minimum atomic E-state index is -0.611. The van der Waals surface area contributed by atoms with Gasteiger partial charge < -0.3 is 14.2 Å². The third-order valence-electron chi connectivity index (χ3n) is 2.47. The molecule has 0 unspecified atom stereocenters. The number of ether oxygens (including phenoxy) is 3. The molecule has 0 amide bonds. The van der Waals surface area contributed by atoms with Crippen molar-refractivity contribution in [3.63, 3.8) is 0 Å². The Morgan fingerprint density at radius 3 is 2.29 bits per heavy atom. The lowest BCUT2D eigenvalue weighted by molar-refractivity contribution is -0.134. The fourth-order valence-corrected chi connectivity index (χ4v) is 1.78. The Morgan fingerprint density at radius 1 is 1.10 bits per heavy atom. The summed E-state index contributed by atoms with van der Waals surface area (Å²) in [6.45, 7) is 4.40. The molecule has 114 valence electrons. The highest BCUT2D eigenvalue weighted by Gasteiger charge is 2.15. The van der Waals surface area contributed by atoms with Crippen molar-refractivity contribution in [3.8, 4) is 11.5 Å². The fraction of sp³-hybridized carbons (Fsp3) is 0.333. The van der Waals surface area contributed by atoms with E-state index in [0.717, 1.165) is 12.2 Å². The molecule has 0 spiro atoms. The van der Waals surface area contributed by atoms with Crippen molar-refractivity contribution >= 4 is 23.4 Å². The van der Waals surface area contributed by atoms with Crippen molar-refractivity contribution in [1.82, 2.24) is 0 Å². The molecule has 1 aromatic carbocycles. The first kappa shape index (κ1) is 17.0. The second-order valence-electron chi connectivity index (χ2n) is 3.87. The highest BCUT2D eigenvalue weighted by atomic mass is 35.5. The van der Waals surface area contributed by atoms with E-state index in [2.05, 4.69) is 4.74 Å². The maximum absolute atomic E-state index is 12.2. The third-order valence-corrected chi connectivity index (χ3v) is 2.77. The van der Waals surface area contributed by atoms with E-state index < -0.39 is 11.8 Å². The van der Waals surface area contributed by atoms with Crippen molar-refractivity contribution in [3.05, 3.63) is 34.9 Å². The van der Waals surface area contributed by atoms with Gasteiger partial charge in [-0.2, -0.15) is 0 Å². The van der Waals surface area contributed by atoms with Gasteiger partial charge in [0.25, 0.3) is 0 Å². The number of hydrogen-bond donors (Lipinski definition) is 0. The maximum Gasteiger partial charge on any atom is 0.330 e. The normalized spacial score (nSPS) is 10.5. The number of methoxy groups -OCH3 is 1. The van der Waals surface area contributed by atoms with Crippen LogP contribution in [0.5, 0.6) is 11.5 Å². The van der Waals surface area contributed by atoms with E-state index in [4.69, 9.17) is 21.1 Å². The predicted molar refractivity (Wildman–Crippen MR) is 79.3 cm³/mol. The first-order valence-electron chi connectivity index (χ1n) is 6.42. The van der Waals surface area contributed by atoms with E-state index in [9.17, 15) is 9.59 Å². The van der Waals surface area contributed by atoms with Crippen LogP contribution in [0.25, 0.3) is 0 Å². The Labute approximate surface area is 128 Å². The van der Waals surface area contributed by atoms with Crippen molar-refractivity contribution < 1.29 is 23.8 Å². The van der Waals surface area contributed by atoms with Crippen LogP contribution < -0.4 is 9.47 Å². The molecule has 0 aliphatic carbocycles. The Balaban J connectivity index is 3.17. The first-order valence-corrected chi connectivity index (χ1v) is 6.80. The number of benzene rings is 1. The summed E-state index contributed by atoms with van der Waals surface area (Å²) in [5.41, 5.74) is 0.268. The topological polar surface area (TPSA) is 61.8 Å². The summed E-state index contributed by atoms with van der Waals surface area (Å²) in [5, 5.41) is 0.355. The minimum absolute atomic E-state index is 0.268. The molecule has 0 saturated heterocycles. The van der Waals surface area contributed by atoms with Crippen LogP contribution in [-0.2, 0) is 9.53 Å². The molecule has 0 saturated carbocycles. The van der Waals surface area contributed by atoms with Gasteiger partial charge in [-0.1, -0.05) is 11.6 Å². The zero-order valence-corrected chi connectivity index (χ0v) is 12.9. The van der Waals surface area contributed by atoms with Crippen LogP contribution in [0.4, 0.5) is 0 Å². The van der Waals surface area contributed by atoms with Crippen LogP contribution >= 0.6 is 11.6 Å². The summed E-state index contributed by atoms with van der Waals surface area (Å²) in [7, 11) is 1.23. The molecule has 0 atom stereocenters. The molecule has 1 rings (SSSR count). The Hall–Kier alpha value is -2.01. The molecule has 0 aliphatic rings. The lowest BCUT2D eigenvalue weighted by Gasteiger charge is -2.12. The quantitative estimate of drug-likeness (QED) is 0.440. The van der Waals surface area contributed by atoms with E-state index in [1.54, 1.807) is 6.92 Å². The van der Waals surface area contributed by atoms with Gasteiger partial charge in [-0.15, -0.1) is 0 Å². The van der Waals surface area contributed by atoms with Gasteiger partial charge in [-0.3, -0.25) is 4.79 Å². The van der Waals surface area contributed by atoms with E-state index in [0.29, 0.717) is 29.7 Å². The Bertz CT molecular complexity index is 551. The number of allylic oxidation sites excluding steroid dienone is 1. The lowest BCUT2D eigenvalue weighted by atomic mass is 10.1. The highest BCUT2D eigenvalue weighted by Crippen LogP contribution is 2.33. The zero-order valence-electron chi connectivity index (χ0n) is 12.1. The van der Waals surface area contributed by atoms with Gasteiger partial charge >= 0.3 is 5.97 Å². The molecule has 0 fully saturated rings. The van der Waals surface area contributed by atoms with Crippen LogP contribution in [0.1, 0.15) is 24.2 Å². The number of halogens is 1. The summed E-state index contributed by atoms with van der Waals surface area (Å²) < 4.78 is 15.2. The van der Waals surface area contributed by atoms with Crippen LogP contribution in [0.3, 0.4) is 0 Å². The van der Waals surface area contributed by atoms with Crippen LogP contribution in [0.15, 0.2) is 24.3 Å². The SMILES string of the molecule is CCOc1cc(C(=O)/C=C/C(=O)OC)c(OCC)cc1Cl. The molecule has 5 nitrogen and oxygen atoms in total. The van der Waals surface area contributed by atoms with Crippen molar-refractivity contribution in [1.29, 1.82) is 0 Å². The Kier molecular flexibility index (Phi) is 6.75. The zero-order chi connectivity index (χ0) is 15.8. The van der Waals surface area contributed by atoms with Gasteiger partial charge in [0, 0.05) is 12.1 Å². The maximum atomic E-state index is 12.2. The summed E-state index contributed by atoms with van der Waals surface area (Å²) in [6, 6.07) is 3.02. The molecule has 6 heteroatoms. The molecule has 0 N–H and O–H groups in total. The van der Waals surface area contributed by atoms with E-state index in [1.165, 1.54) is 19.2 Å². The van der Waals surface area contributed by atoms with Crippen LogP contribution in [-0.4, -0.2) is 32.1 Å². The van der Waals surface area contributed by atoms with Crippen molar-refractivity contribution in [2.24, 2.45) is 0 Å². The molecular weight excluding hydrogens is 296 g/mol. The van der Waals surface area contributed by atoms with Gasteiger partial charge in [0.2, 0.25) is 0 Å². The summed E-state index contributed by atoms with van der Waals surface area (Å²) in [6.07, 6.45) is 2.17. The molecular formula is C15H17ClO5. The molecule has 0 aromatic heterocycles. The first-order chi connectivity index (χ1) is 10.0. The van der Waals surface area contributed by atoms with Gasteiger partial charge in [-0.05, 0) is 26.0 Å². The summed E-state index contributed by atoms with van der Waals surface area (Å²) >= 11 is 6.06. The Morgan fingerprint density at radius 2 is 1.71 bits per heavy atom. The van der Waals surface area contributed by atoms with Gasteiger partial charge in [-0.25, -0.2) is 4.79 Å². The molecule has 0 bridgehead atoms. The third kappa shape index (κ3) is 4.79. The molecule has 0 heterocycles. The molecule has 0 radical (unpaired) electrons. The smallest absolute Gasteiger partial charge is 0.330 e. The predicted octanol–water partition coefficient (Wildman–Crippen LogP) is 3.05. The molecule has 1 aromatic rings. The van der Waals surface area contributed by atoms with Crippen molar-refractivity contribution in [2.45, 2.75) is 13.8 Å². The number of hydrogen-bond acceptors (Lipinski definition) is 5. The number of carbonyl (C=O) groups is 2. The van der Waals surface area contributed by atoms with E-state index >= 15 is 0 Å². The number of carbonyl (C=O) groups excluding carboxylic acids is 2. The monoisotopic (exact) mass is 312 g/mol. The van der Waals surface area contributed by atoms with Crippen molar-refractivity contribution in [2.75, 3.05) is 20.3 Å². The number of rotatable bonds is 7. The second-order valence-corrected chi connectivity index (χ2v) is 4.27.